The summed E-state index contributed by atoms with van der Waals surface area (Å²) in [5.74, 6) is 0.109. The number of nitrogens with one attached hydrogen (secondary N) is 2. The quantitative estimate of drug-likeness (QED) is 0.854. The lowest BCUT2D eigenvalue weighted by Crippen LogP contribution is -2.42. The molecule has 104 valence electrons. The Bertz CT molecular complexity index is 431. The van der Waals surface area contributed by atoms with Crippen molar-refractivity contribution in [3.63, 3.8) is 0 Å². The lowest BCUT2D eigenvalue weighted by molar-refractivity contribution is -0.123. The van der Waals surface area contributed by atoms with E-state index < -0.39 is 0 Å². The summed E-state index contributed by atoms with van der Waals surface area (Å²) in [6.45, 7) is 5.88. The van der Waals surface area contributed by atoms with Gasteiger partial charge < -0.3 is 10.6 Å². The number of rotatable bonds is 5. The molecule has 0 radical (unpaired) electrons. The SMILES string of the molecule is CCCCC(C)NC(=O)C1CNCc2ccccc21. The number of hydrogen-bond acceptors (Lipinski definition) is 2. The third-order valence-electron chi connectivity index (χ3n) is 3.79. The first-order valence-corrected chi connectivity index (χ1v) is 7.31. The van der Waals surface area contributed by atoms with Gasteiger partial charge in [-0.1, -0.05) is 44.0 Å². The van der Waals surface area contributed by atoms with Gasteiger partial charge in [-0.15, -0.1) is 0 Å². The smallest absolute Gasteiger partial charge is 0.229 e. The molecule has 1 aromatic carbocycles. The molecule has 19 heavy (non-hydrogen) atoms. The third-order valence-corrected chi connectivity index (χ3v) is 3.79. The minimum atomic E-state index is -0.0472. The van der Waals surface area contributed by atoms with Crippen molar-refractivity contribution in [2.24, 2.45) is 0 Å². The summed E-state index contributed by atoms with van der Waals surface area (Å²) in [6.07, 6.45) is 3.40. The first-order chi connectivity index (χ1) is 9.22. The number of carbonyl (C=O) groups excluding carboxylic acids is 1. The molecule has 2 unspecified atom stereocenters. The maximum atomic E-state index is 12.4. The van der Waals surface area contributed by atoms with Crippen molar-refractivity contribution < 1.29 is 4.79 Å². The average Bonchev–Trinajstić information content (AvgIpc) is 2.44. The van der Waals surface area contributed by atoms with Crippen LogP contribution in [0.1, 0.15) is 50.2 Å². The van der Waals surface area contributed by atoms with Gasteiger partial charge in [0, 0.05) is 19.1 Å². The lowest BCUT2D eigenvalue weighted by Gasteiger charge is -2.27. The second-order valence-electron chi connectivity index (χ2n) is 5.43. The third kappa shape index (κ3) is 3.57. The van der Waals surface area contributed by atoms with Gasteiger partial charge in [-0.05, 0) is 24.5 Å². The summed E-state index contributed by atoms with van der Waals surface area (Å²) in [5.41, 5.74) is 2.43. The summed E-state index contributed by atoms with van der Waals surface area (Å²) in [4.78, 5) is 12.4. The molecular weight excluding hydrogens is 236 g/mol. The molecule has 3 nitrogen and oxygen atoms in total. The highest BCUT2D eigenvalue weighted by molar-refractivity contribution is 5.84. The monoisotopic (exact) mass is 260 g/mol. The molecule has 2 rings (SSSR count). The first kappa shape index (κ1) is 14.1. The van der Waals surface area contributed by atoms with Crippen molar-refractivity contribution in [1.29, 1.82) is 0 Å². The van der Waals surface area contributed by atoms with Crippen molar-refractivity contribution in [2.45, 2.75) is 51.6 Å². The predicted octanol–water partition coefficient (Wildman–Crippen LogP) is 2.57. The van der Waals surface area contributed by atoms with Crippen LogP contribution in [0.5, 0.6) is 0 Å². The molecule has 0 aromatic heterocycles. The van der Waals surface area contributed by atoms with Crippen LogP contribution < -0.4 is 10.6 Å². The maximum Gasteiger partial charge on any atom is 0.229 e. The Hall–Kier alpha value is -1.35. The molecule has 1 aliphatic rings. The van der Waals surface area contributed by atoms with E-state index >= 15 is 0 Å². The maximum absolute atomic E-state index is 12.4. The molecule has 3 heteroatoms. The van der Waals surface area contributed by atoms with E-state index in [0.29, 0.717) is 0 Å². The van der Waals surface area contributed by atoms with E-state index in [2.05, 4.69) is 36.6 Å². The number of carbonyl (C=O) groups is 1. The topological polar surface area (TPSA) is 41.1 Å². The summed E-state index contributed by atoms with van der Waals surface area (Å²) in [5, 5.41) is 6.47. The van der Waals surface area contributed by atoms with Gasteiger partial charge in [0.1, 0.15) is 0 Å². The van der Waals surface area contributed by atoms with Crippen LogP contribution in [0.25, 0.3) is 0 Å². The Labute approximate surface area is 115 Å². The standard InChI is InChI=1S/C16H24N2O/c1-3-4-7-12(2)18-16(19)15-11-17-10-13-8-5-6-9-14(13)15/h5-6,8-9,12,15,17H,3-4,7,10-11H2,1-2H3,(H,18,19). The van der Waals surface area contributed by atoms with Crippen LogP contribution in [-0.4, -0.2) is 18.5 Å². The van der Waals surface area contributed by atoms with Gasteiger partial charge in [0.25, 0.3) is 0 Å². The minimum absolute atomic E-state index is 0.0472. The van der Waals surface area contributed by atoms with Gasteiger partial charge in [0.2, 0.25) is 5.91 Å². The molecule has 0 fully saturated rings. The van der Waals surface area contributed by atoms with Crippen LogP contribution in [0.4, 0.5) is 0 Å². The normalized spacial score (nSPS) is 19.6. The fraction of sp³-hybridized carbons (Fsp3) is 0.562. The van der Waals surface area contributed by atoms with E-state index in [-0.39, 0.29) is 17.9 Å². The molecule has 1 amide bonds. The average molecular weight is 260 g/mol. The molecule has 1 aliphatic heterocycles. The molecule has 0 spiro atoms. The molecular formula is C16H24N2O. The zero-order valence-electron chi connectivity index (χ0n) is 11.9. The Morgan fingerprint density at radius 2 is 2.26 bits per heavy atom. The lowest BCUT2D eigenvalue weighted by atomic mass is 9.90. The molecule has 2 N–H and O–H groups in total. The molecule has 2 atom stereocenters. The van der Waals surface area contributed by atoms with Gasteiger partial charge in [-0.2, -0.15) is 0 Å². The number of fused-ring (bicyclic) bond motifs is 1. The largest absolute Gasteiger partial charge is 0.353 e. The van der Waals surface area contributed by atoms with Crippen LogP contribution in [0.2, 0.25) is 0 Å². The van der Waals surface area contributed by atoms with Crippen molar-refractivity contribution in [3.8, 4) is 0 Å². The van der Waals surface area contributed by atoms with Gasteiger partial charge in [-0.3, -0.25) is 4.79 Å². The zero-order valence-corrected chi connectivity index (χ0v) is 11.9. The molecule has 0 saturated heterocycles. The summed E-state index contributed by atoms with van der Waals surface area (Å²) in [7, 11) is 0. The van der Waals surface area contributed by atoms with Gasteiger partial charge >= 0.3 is 0 Å². The summed E-state index contributed by atoms with van der Waals surface area (Å²) < 4.78 is 0. The number of unbranched alkanes of at least 4 members (excludes halogenated alkanes) is 1. The van der Waals surface area contributed by atoms with E-state index in [1.165, 1.54) is 24.0 Å². The zero-order chi connectivity index (χ0) is 13.7. The highest BCUT2D eigenvalue weighted by Gasteiger charge is 2.26. The summed E-state index contributed by atoms with van der Waals surface area (Å²) in [6, 6.07) is 8.50. The second-order valence-corrected chi connectivity index (χ2v) is 5.43. The Balaban J connectivity index is 2.00. The van der Waals surface area contributed by atoms with E-state index in [1.54, 1.807) is 0 Å². The van der Waals surface area contributed by atoms with Gasteiger partial charge in [0.05, 0.1) is 5.92 Å². The molecule has 0 saturated carbocycles. The van der Waals surface area contributed by atoms with Crippen molar-refractivity contribution >= 4 is 5.91 Å². The number of amides is 1. The molecule has 0 aliphatic carbocycles. The molecule has 1 aromatic rings. The predicted molar refractivity (Wildman–Crippen MR) is 78.0 cm³/mol. The van der Waals surface area contributed by atoms with Crippen molar-refractivity contribution in [3.05, 3.63) is 35.4 Å². The van der Waals surface area contributed by atoms with Crippen LogP contribution in [0, 0.1) is 0 Å². The molecule has 1 heterocycles. The van der Waals surface area contributed by atoms with E-state index in [4.69, 9.17) is 0 Å². The van der Waals surface area contributed by atoms with Crippen molar-refractivity contribution in [1.82, 2.24) is 10.6 Å². The van der Waals surface area contributed by atoms with Crippen LogP contribution >= 0.6 is 0 Å². The highest BCUT2D eigenvalue weighted by atomic mass is 16.2. The van der Waals surface area contributed by atoms with Crippen molar-refractivity contribution in [2.75, 3.05) is 6.54 Å². The van der Waals surface area contributed by atoms with Crippen LogP contribution in [-0.2, 0) is 11.3 Å². The Morgan fingerprint density at radius 1 is 1.47 bits per heavy atom. The minimum Gasteiger partial charge on any atom is -0.353 e. The van der Waals surface area contributed by atoms with Crippen LogP contribution in [0.15, 0.2) is 24.3 Å². The van der Waals surface area contributed by atoms with E-state index in [9.17, 15) is 4.79 Å². The Kier molecular flexibility index (Phi) is 4.97. The Morgan fingerprint density at radius 3 is 3.05 bits per heavy atom. The summed E-state index contributed by atoms with van der Waals surface area (Å²) >= 11 is 0. The number of benzene rings is 1. The fourth-order valence-corrected chi connectivity index (χ4v) is 2.66. The van der Waals surface area contributed by atoms with Crippen LogP contribution in [0.3, 0.4) is 0 Å². The highest BCUT2D eigenvalue weighted by Crippen LogP contribution is 2.24. The first-order valence-electron chi connectivity index (χ1n) is 7.31. The van der Waals surface area contributed by atoms with E-state index in [1.807, 2.05) is 12.1 Å². The van der Waals surface area contributed by atoms with Gasteiger partial charge in [0.15, 0.2) is 0 Å². The fourth-order valence-electron chi connectivity index (χ4n) is 2.66. The second kappa shape index (κ2) is 6.71. The number of hydrogen-bond donors (Lipinski definition) is 2. The van der Waals surface area contributed by atoms with Gasteiger partial charge in [-0.25, -0.2) is 0 Å². The van der Waals surface area contributed by atoms with E-state index in [0.717, 1.165) is 19.5 Å². The molecule has 0 bridgehead atoms.